The Bertz CT molecular complexity index is 496. The zero-order chi connectivity index (χ0) is 13.9. The number of nitrogens with zero attached hydrogens (tertiary/aromatic N) is 1. The number of carbonyl (C=O) groups is 1. The minimum Gasteiger partial charge on any atom is -0.336 e. The van der Waals surface area contributed by atoms with Crippen molar-refractivity contribution in [1.82, 2.24) is 4.90 Å². The van der Waals surface area contributed by atoms with E-state index >= 15 is 0 Å². The first-order valence-electron chi connectivity index (χ1n) is 7.78. The molecule has 3 rings (SSSR count). The van der Waals surface area contributed by atoms with Crippen molar-refractivity contribution < 1.29 is 4.79 Å². The van der Waals surface area contributed by atoms with Gasteiger partial charge in [0.05, 0.1) is 0 Å². The molecule has 0 heterocycles. The Kier molecular flexibility index (Phi) is 4.45. The molecule has 0 radical (unpaired) electrons. The average molecular weight is 336 g/mol. The predicted octanol–water partition coefficient (Wildman–Crippen LogP) is 3.96. The average Bonchev–Trinajstić information content (AvgIpc) is 2.87. The molecule has 20 heavy (non-hydrogen) atoms. The fourth-order valence-electron chi connectivity index (χ4n) is 3.25. The lowest BCUT2D eigenvalue weighted by molar-refractivity contribution is 0.0581. The second-order valence-corrected chi connectivity index (χ2v) is 6.76. The van der Waals surface area contributed by atoms with Crippen LogP contribution in [0, 0.1) is 0 Å². The SMILES string of the molecule is O=C(c1ccc2c(c1)CCC2)N(CCCBr)C1CCC1. The van der Waals surface area contributed by atoms with Gasteiger partial charge >= 0.3 is 0 Å². The molecular formula is C17H22BrNO. The Hall–Kier alpha value is -0.830. The zero-order valence-electron chi connectivity index (χ0n) is 11.9. The summed E-state index contributed by atoms with van der Waals surface area (Å²) in [5.41, 5.74) is 3.73. The Morgan fingerprint density at radius 2 is 2.00 bits per heavy atom. The molecule has 0 saturated heterocycles. The van der Waals surface area contributed by atoms with Crippen molar-refractivity contribution in [2.24, 2.45) is 0 Å². The molecule has 0 N–H and O–H groups in total. The highest BCUT2D eigenvalue weighted by molar-refractivity contribution is 9.09. The Morgan fingerprint density at radius 3 is 2.70 bits per heavy atom. The fourth-order valence-corrected chi connectivity index (χ4v) is 3.50. The molecule has 2 aliphatic rings. The molecule has 0 aromatic heterocycles. The number of alkyl halides is 1. The number of halogens is 1. The van der Waals surface area contributed by atoms with E-state index in [2.05, 4.69) is 33.0 Å². The summed E-state index contributed by atoms with van der Waals surface area (Å²) >= 11 is 3.47. The van der Waals surface area contributed by atoms with Gasteiger partial charge in [-0.3, -0.25) is 4.79 Å². The van der Waals surface area contributed by atoms with Crippen molar-refractivity contribution in [3.63, 3.8) is 0 Å². The van der Waals surface area contributed by atoms with Gasteiger partial charge in [0, 0.05) is 23.5 Å². The molecular weight excluding hydrogens is 314 g/mol. The van der Waals surface area contributed by atoms with Gasteiger partial charge in [-0.1, -0.05) is 22.0 Å². The molecule has 0 atom stereocenters. The normalized spacial score (nSPS) is 17.6. The number of amides is 1. The third kappa shape index (κ3) is 2.78. The maximum absolute atomic E-state index is 12.8. The number of rotatable bonds is 5. The Labute approximate surface area is 129 Å². The van der Waals surface area contributed by atoms with Crippen LogP contribution in [0.5, 0.6) is 0 Å². The Morgan fingerprint density at radius 1 is 1.20 bits per heavy atom. The van der Waals surface area contributed by atoms with Crippen LogP contribution in [0.25, 0.3) is 0 Å². The molecule has 108 valence electrons. The van der Waals surface area contributed by atoms with Gasteiger partial charge < -0.3 is 4.90 Å². The minimum atomic E-state index is 0.241. The molecule has 0 bridgehead atoms. The first kappa shape index (κ1) is 14.1. The third-order valence-corrected chi connectivity index (χ3v) is 5.22. The standard InChI is InChI=1S/C17H22BrNO/c18-10-3-11-19(16-6-2-7-16)17(20)15-9-8-13-4-1-5-14(13)12-15/h8-9,12,16H,1-7,10-11H2. The number of hydrogen-bond donors (Lipinski definition) is 0. The second-order valence-electron chi connectivity index (χ2n) is 5.96. The van der Waals surface area contributed by atoms with E-state index < -0.39 is 0 Å². The van der Waals surface area contributed by atoms with E-state index in [1.165, 1.54) is 43.2 Å². The van der Waals surface area contributed by atoms with Crippen LogP contribution < -0.4 is 0 Å². The number of carbonyl (C=O) groups excluding carboxylic acids is 1. The van der Waals surface area contributed by atoms with E-state index in [9.17, 15) is 4.79 Å². The Balaban J connectivity index is 1.77. The summed E-state index contributed by atoms with van der Waals surface area (Å²) in [6.07, 6.45) is 8.22. The molecule has 2 aliphatic carbocycles. The van der Waals surface area contributed by atoms with Crippen molar-refractivity contribution in [2.75, 3.05) is 11.9 Å². The van der Waals surface area contributed by atoms with Crippen molar-refractivity contribution in [3.05, 3.63) is 34.9 Å². The summed E-state index contributed by atoms with van der Waals surface area (Å²) in [6, 6.07) is 6.82. The van der Waals surface area contributed by atoms with Crippen molar-refractivity contribution in [3.8, 4) is 0 Å². The molecule has 1 saturated carbocycles. The fraction of sp³-hybridized carbons (Fsp3) is 0.588. The van der Waals surface area contributed by atoms with Crippen molar-refractivity contribution >= 4 is 21.8 Å². The molecule has 1 amide bonds. The molecule has 0 aliphatic heterocycles. The molecule has 3 heteroatoms. The highest BCUT2D eigenvalue weighted by atomic mass is 79.9. The molecule has 1 aromatic rings. The van der Waals surface area contributed by atoms with Crippen LogP contribution in [0.1, 0.15) is 53.6 Å². The summed E-state index contributed by atoms with van der Waals surface area (Å²) in [7, 11) is 0. The zero-order valence-corrected chi connectivity index (χ0v) is 13.5. The molecule has 1 aromatic carbocycles. The summed E-state index contributed by atoms with van der Waals surface area (Å²) in [6.45, 7) is 0.881. The largest absolute Gasteiger partial charge is 0.336 e. The monoisotopic (exact) mass is 335 g/mol. The summed E-state index contributed by atoms with van der Waals surface area (Å²) < 4.78 is 0. The van der Waals surface area contributed by atoms with Gasteiger partial charge in [-0.15, -0.1) is 0 Å². The quantitative estimate of drug-likeness (QED) is 0.746. The van der Waals surface area contributed by atoms with Crippen molar-refractivity contribution in [2.45, 2.75) is 51.0 Å². The lowest BCUT2D eigenvalue weighted by Crippen LogP contribution is -2.44. The lowest BCUT2D eigenvalue weighted by atomic mass is 9.90. The molecule has 0 unspecified atom stereocenters. The maximum atomic E-state index is 12.8. The topological polar surface area (TPSA) is 20.3 Å². The van der Waals surface area contributed by atoms with E-state index in [1.54, 1.807) is 0 Å². The van der Waals surface area contributed by atoms with Gasteiger partial charge in [0.15, 0.2) is 0 Å². The van der Waals surface area contributed by atoms with Crippen LogP contribution in [0.3, 0.4) is 0 Å². The van der Waals surface area contributed by atoms with Gasteiger partial charge in [0.25, 0.3) is 5.91 Å². The first-order valence-corrected chi connectivity index (χ1v) is 8.90. The van der Waals surface area contributed by atoms with Crippen molar-refractivity contribution in [1.29, 1.82) is 0 Å². The van der Waals surface area contributed by atoms with Crippen LogP contribution in [0.4, 0.5) is 0 Å². The van der Waals surface area contributed by atoms with E-state index in [0.29, 0.717) is 6.04 Å². The summed E-state index contributed by atoms with van der Waals surface area (Å²) in [5, 5.41) is 0.966. The molecule has 0 spiro atoms. The first-order chi connectivity index (χ1) is 9.79. The number of fused-ring (bicyclic) bond motifs is 1. The van der Waals surface area contributed by atoms with Crippen LogP contribution in [-0.2, 0) is 12.8 Å². The van der Waals surface area contributed by atoms with E-state index in [-0.39, 0.29) is 5.91 Å². The van der Waals surface area contributed by atoms with Gasteiger partial charge in [-0.25, -0.2) is 0 Å². The van der Waals surface area contributed by atoms with E-state index in [1.807, 2.05) is 6.07 Å². The maximum Gasteiger partial charge on any atom is 0.254 e. The summed E-state index contributed by atoms with van der Waals surface area (Å²) in [4.78, 5) is 14.9. The highest BCUT2D eigenvalue weighted by Crippen LogP contribution is 2.28. The van der Waals surface area contributed by atoms with Crippen LogP contribution in [0.2, 0.25) is 0 Å². The lowest BCUT2D eigenvalue weighted by Gasteiger charge is -2.37. The number of hydrogen-bond acceptors (Lipinski definition) is 1. The summed E-state index contributed by atoms with van der Waals surface area (Å²) in [5.74, 6) is 0.241. The van der Waals surface area contributed by atoms with Crippen LogP contribution >= 0.6 is 15.9 Å². The van der Waals surface area contributed by atoms with Crippen LogP contribution in [-0.4, -0.2) is 28.7 Å². The van der Waals surface area contributed by atoms with Gasteiger partial charge in [0.2, 0.25) is 0 Å². The van der Waals surface area contributed by atoms with Gasteiger partial charge in [-0.2, -0.15) is 0 Å². The van der Waals surface area contributed by atoms with E-state index in [4.69, 9.17) is 0 Å². The van der Waals surface area contributed by atoms with Crippen LogP contribution in [0.15, 0.2) is 18.2 Å². The van der Waals surface area contributed by atoms with E-state index in [0.717, 1.165) is 30.3 Å². The van der Waals surface area contributed by atoms with Gasteiger partial charge in [0.1, 0.15) is 0 Å². The predicted molar refractivity (Wildman–Crippen MR) is 85.6 cm³/mol. The smallest absolute Gasteiger partial charge is 0.254 e. The number of benzene rings is 1. The van der Waals surface area contributed by atoms with Gasteiger partial charge in [-0.05, 0) is 68.2 Å². The molecule has 1 fully saturated rings. The third-order valence-electron chi connectivity index (χ3n) is 4.65. The minimum absolute atomic E-state index is 0.241. The highest BCUT2D eigenvalue weighted by Gasteiger charge is 2.29. The number of aryl methyl sites for hydroxylation is 2. The molecule has 2 nitrogen and oxygen atoms in total. The second kappa shape index (κ2) is 6.30.